The number of hydrogen-bond donors (Lipinski definition) is 3. The van der Waals surface area contributed by atoms with Crippen molar-refractivity contribution >= 4 is 11.9 Å². The van der Waals surface area contributed by atoms with Crippen LogP contribution in [-0.2, 0) is 19.1 Å². The highest BCUT2D eigenvalue weighted by Crippen LogP contribution is 2.29. The first-order valence-electron chi connectivity index (χ1n) is 8.80. The molecule has 0 aromatic rings. The van der Waals surface area contributed by atoms with E-state index in [0.717, 1.165) is 25.1 Å². The Kier molecular flexibility index (Phi) is 4.99. The van der Waals surface area contributed by atoms with E-state index in [2.05, 4.69) is 0 Å². The summed E-state index contributed by atoms with van der Waals surface area (Å²) in [5, 5.41) is 20.2. The van der Waals surface area contributed by atoms with Gasteiger partial charge in [0.15, 0.2) is 17.7 Å². The molecule has 5 atom stereocenters. The van der Waals surface area contributed by atoms with Crippen LogP contribution in [0.5, 0.6) is 0 Å². The number of aliphatic hydroxyl groups is 2. The number of hydrogen-bond acceptors (Lipinski definition) is 6. The Hall–Kier alpha value is -1.70. The molecular formula is C18H26NO6+. The first kappa shape index (κ1) is 18.1. The summed E-state index contributed by atoms with van der Waals surface area (Å²) in [6.07, 6.45) is 4.33. The summed E-state index contributed by atoms with van der Waals surface area (Å²) < 4.78 is 11.1. The number of quaternary nitrogens is 1. The summed E-state index contributed by atoms with van der Waals surface area (Å²) in [5.74, 6) is -1.96. The lowest BCUT2D eigenvalue weighted by Gasteiger charge is -2.31. The van der Waals surface area contributed by atoms with Crippen molar-refractivity contribution in [1.29, 1.82) is 0 Å². The average Bonchev–Trinajstić information content (AvgIpc) is 3.18. The van der Waals surface area contributed by atoms with Crippen molar-refractivity contribution in [3.63, 3.8) is 0 Å². The first-order chi connectivity index (χ1) is 11.9. The van der Waals surface area contributed by atoms with E-state index in [9.17, 15) is 19.8 Å². The van der Waals surface area contributed by atoms with E-state index in [0.29, 0.717) is 5.57 Å². The van der Waals surface area contributed by atoms with Gasteiger partial charge in [0, 0.05) is 23.5 Å². The van der Waals surface area contributed by atoms with Crippen LogP contribution in [-0.4, -0.2) is 66.2 Å². The smallest absolute Gasteiger partial charge is 0.341 e. The summed E-state index contributed by atoms with van der Waals surface area (Å²) in [4.78, 5) is 26.3. The second-order valence-electron chi connectivity index (χ2n) is 7.18. The summed E-state index contributed by atoms with van der Waals surface area (Å²) in [7, 11) is 0. The summed E-state index contributed by atoms with van der Waals surface area (Å²) in [6.45, 7) is 4.33. The number of cyclic esters (lactones) is 1. The fourth-order valence-corrected chi connectivity index (χ4v) is 4.03. The lowest BCUT2D eigenvalue weighted by molar-refractivity contribution is -0.896. The molecule has 0 aromatic heterocycles. The Morgan fingerprint density at radius 3 is 2.88 bits per heavy atom. The molecule has 3 aliphatic heterocycles. The zero-order valence-corrected chi connectivity index (χ0v) is 14.7. The minimum Gasteiger partial charge on any atom is -0.459 e. The molecule has 7 nitrogen and oxygen atoms in total. The van der Waals surface area contributed by atoms with Crippen LogP contribution in [0.3, 0.4) is 0 Å². The molecule has 0 saturated carbocycles. The highest BCUT2D eigenvalue weighted by molar-refractivity contribution is 5.89. The topological polar surface area (TPSA) is 97.5 Å². The fraction of sp³-hybridized carbons (Fsp3) is 0.667. The lowest BCUT2D eigenvalue weighted by Crippen LogP contribution is -3.12. The van der Waals surface area contributed by atoms with Crippen molar-refractivity contribution in [1.82, 2.24) is 0 Å². The normalized spacial score (nSPS) is 40.6. The third-order valence-electron chi connectivity index (χ3n) is 5.76. The Balaban J connectivity index is 1.93. The van der Waals surface area contributed by atoms with Crippen LogP contribution in [0.1, 0.15) is 26.7 Å². The lowest BCUT2D eigenvalue weighted by atomic mass is 9.84. The Morgan fingerprint density at radius 2 is 2.20 bits per heavy atom. The Bertz CT molecular complexity index is 627. The van der Waals surface area contributed by atoms with Crippen LogP contribution in [0.25, 0.3) is 0 Å². The molecule has 138 valence electrons. The van der Waals surface area contributed by atoms with Gasteiger partial charge in [0.05, 0.1) is 19.7 Å². The molecule has 0 aromatic carbocycles. The quantitative estimate of drug-likeness (QED) is 0.310. The molecule has 1 unspecified atom stereocenters. The van der Waals surface area contributed by atoms with Gasteiger partial charge in [-0.2, -0.15) is 0 Å². The average molecular weight is 352 g/mol. The molecular weight excluding hydrogens is 326 g/mol. The molecule has 0 amide bonds. The van der Waals surface area contributed by atoms with Crippen molar-refractivity contribution in [3.05, 3.63) is 23.3 Å². The van der Waals surface area contributed by atoms with Gasteiger partial charge >= 0.3 is 11.9 Å². The number of carbonyl (C=O) groups excluding carboxylic acids is 2. The molecule has 3 aliphatic rings. The van der Waals surface area contributed by atoms with Crippen LogP contribution in [0, 0.1) is 5.92 Å². The third-order valence-corrected chi connectivity index (χ3v) is 5.76. The molecule has 3 rings (SSSR count). The monoisotopic (exact) mass is 352 g/mol. The summed E-state index contributed by atoms with van der Waals surface area (Å²) in [5.41, 5.74) is -0.743. The summed E-state index contributed by atoms with van der Waals surface area (Å²) in [6, 6.07) is -0.00562. The van der Waals surface area contributed by atoms with Gasteiger partial charge in [0.2, 0.25) is 0 Å². The second-order valence-corrected chi connectivity index (χ2v) is 7.18. The minimum atomic E-state index is -2.05. The molecule has 2 fully saturated rings. The minimum absolute atomic E-state index is 0.00562. The van der Waals surface area contributed by atoms with Gasteiger partial charge in [0.25, 0.3) is 0 Å². The van der Waals surface area contributed by atoms with E-state index < -0.39 is 30.1 Å². The molecule has 25 heavy (non-hydrogen) atoms. The number of allylic oxidation sites excluding steroid dienone is 1. The predicted molar refractivity (Wildman–Crippen MR) is 87.6 cm³/mol. The van der Waals surface area contributed by atoms with Crippen molar-refractivity contribution in [3.8, 4) is 0 Å². The van der Waals surface area contributed by atoms with Crippen molar-refractivity contribution in [2.24, 2.45) is 5.92 Å². The maximum absolute atomic E-state index is 12.6. The van der Waals surface area contributed by atoms with Gasteiger partial charge in [-0.3, -0.25) is 0 Å². The van der Waals surface area contributed by atoms with Gasteiger partial charge in [0.1, 0.15) is 6.61 Å². The first-order valence-corrected chi connectivity index (χ1v) is 8.80. The number of aliphatic hydroxyl groups excluding tert-OH is 1. The molecule has 0 aliphatic carbocycles. The molecule has 0 radical (unpaired) electrons. The highest BCUT2D eigenvalue weighted by Gasteiger charge is 2.49. The van der Waals surface area contributed by atoms with Gasteiger partial charge in [-0.25, -0.2) is 9.59 Å². The Morgan fingerprint density at radius 1 is 1.44 bits per heavy atom. The van der Waals surface area contributed by atoms with Crippen molar-refractivity contribution in [2.45, 2.75) is 44.4 Å². The third kappa shape index (κ3) is 3.12. The van der Waals surface area contributed by atoms with Crippen LogP contribution >= 0.6 is 0 Å². The fourth-order valence-electron chi connectivity index (χ4n) is 4.03. The van der Waals surface area contributed by atoms with Crippen molar-refractivity contribution < 1.29 is 34.2 Å². The zero-order chi connectivity index (χ0) is 18.2. The van der Waals surface area contributed by atoms with Crippen LogP contribution in [0.2, 0.25) is 0 Å². The standard InChI is InChI=1S/C18H25NO6/c1-3-12-8-11(2)18(23,10-20)17(22)24-9-13-4-6-19-7-5-14(15(13)19)25-16(12)21/h3-4,11,14-15,20,23H,5-10H2,1-2H3/p+1/b12-3-/t11-,14-,15+,18-/m1/s1. The molecule has 2 saturated heterocycles. The largest absolute Gasteiger partial charge is 0.459 e. The van der Waals surface area contributed by atoms with E-state index in [1.54, 1.807) is 19.9 Å². The number of rotatable bonds is 1. The van der Waals surface area contributed by atoms with Crippen LogP contribution in [0.4, 0.5) is 0 Å². The second kappa shape index (κ2) is 6.90. The van der Waals surface area contributed by atoms with Gasteiger partial charge in [-0.15, -0.1) is 0 Å². The predicted octanol–water partition coefficient (Wildman–Crippen LogP) is -1.25. The van der Waals surface area contributed by atoms with Gasteiger partial charge < -0.3 is 24.6 Å². The molecule has 0 spiro atoms. The van der Waals surface area contributed by atoms with Crippen LogP contribution in [0.15, 0.2) is 23.3 Å². The highest BCUT2D eigenvalue weighted by atomic mass is 16.6. The maximum Gasteiger partial charge on any atom is 0.341 e. The molecule has 0 bridgehead atoms. The van der Waals surface area contributed by atoms with Gasteiger partial charge in [-0.05, 0) is 19.4 Å². The molecule has 3 N–H and O–H groups in total. The number of carbonyl (C=O) groups is 2. The van der Waals surface area contributed by atoms with E-state index >= 15 is 0 Å². The van der Waals surface area contributed by atoms with Crippen molar-refractivity contribution in [2.75, 3.05) is 26.3 Å². The molecule has 3 heterocycles. The van der Waals surface area contributed by atoms with Gasteiger partial charge in [-0.1, -0.05) is 13.0 Å². The van der Waals surface area contributed by atoms with E-state index in [1.807, 2.05) is 6.08 Å². The summed E-state index contributed by atoms with van der Waals surface area (Å²) >= 11 is 0. The molecule has 7 heteroatoms. The van der Waals surface area contributed by atoms with E-state index in [1.165, 1.54) is 4.90 Å². The number of nitrogens with one attached hydrogen (secondary N) is 1. The Labute approximate surface area is 146 Å². The van der Waals surface area contributed by atoms with E-state index in [-0.39, 0.29) is 25.2 Å². The maximum atomic E-state index is 12.6. The SMILES string of the molecule is C/C=C1/C[C@@H](C)[C@](O)(CO)C(=O)OCC2=CC[NH+]3CC[C@@H](OC1=O)[C@H]23. The number of ether oxygens (including phenoxy) is 2. The van der Waals surface area contributed by atoms with Crippen LogP contribution < -0.4 is 4.90 Å². The zero-order valence-electron chi connectivity index (χ0n) is 14.7. The van der Waals surface area contributed by atoms with E-state index in [4.69, 9.17) is 9.47 Å². The number of esters is 2.